The minimum Gasteiger partial charge on any atom is -0.481 e. The molecule has 0 radical (unpaired) electrons. The van der Waals surface area contributed by atoms with Crippen molar-refractivity contribution in [1.29, 1.82) is 5.26 Å². The van der Waals surface area contributed by atoms with Gasteiger partial charge in [-0.2, -0.15) is 18.4 Å². The van der Waals surface area contributed by atoms with Crippen LogP contribution in [0.5, 0.6) is 0 Å². The van der Waals surface area contributed by atoms with Gasteiger partial charge in [-0.3, -0.25) is 4.79 Å². The van der Waals surface area contributed by atoms with Crippen molar-refractivity contribution >= 4 is 5.97 Å². The summed E-state index contributed by atoms with van der Waals surface area (Å²) in [7, 11) is 0. The molecule has 0 aliphatic heterocycles. The van der Waals surface area contributed by atoms with Gasteiger partial charge in [-0.15, -0.1) is 0 Å². The second-order valence-electron chi connectivity index (χ2n) is 3.81. The molecule has 0 fully saturated rings. The molecule has 0 amide bonds. The summed E-state index contributed by atoms with van der Waals surface area (Å²) < 4.78 is 37.0. The third kappa shape index (κ3) is 5.54. The Labute approximate surface area is 97.6 Å². The van der Waals surface area contributed by atoms with Gasteiger partial charge in [0.25, 0.3) is 0 Å². The number of rotatable bonds is 6. The molecule has 0 spiro atoms. The van der Waals surface area contributed by atoms with Crippen LogP contribution in [-0.2, 0) is 4.79 Å². The van der Waals surface area contributed by atoms with Crippen LogP contribution in [0.1, 0.15) is 13.8 Å². The number of nitrogens with zero attached hydrogens (tertiary/aromatic N) is 2. The third-order valence-electron chi connectivity index (χ3n) is 2.39. The summed E-state index contributed by atoms with van der Waals surface area (Å²) in [6.07, 6.45) is -4.57. The molecular weight excluding hydrogens is 237 g/mol. The molecule has 17 heavy (non-hydrogen) atoms. The summed E-state index contributed by atoms with van der Waals surface area (Å²) in [5, 5.41) is 17.1. The maximum atomic E-state index is 12.3. The number of carboxylic acid groups (broad SMARTS) is 1. The van der Waals surface area contributed by atoms with Crippen molar-refractivity contribution in [2.45, 2.75) is 20.0 Å². The van der Waals surface area contributed by atoms with E-state index in [9.17, 15) is 18.0 Å². The highest BCUT2D eigenvalue weighted by atomic mass is 19.4. The summed E-state index contributed by atoms with van der Waals surface area (Å²) in [5.74, 6) is -3.91. The molecule has 2 atom stereocenters. The van der Waals surface area contributed by atoms with Gasteiger partial charge in [-0.1, -0.05) is 13.8 Å². The van der Waals surface area contributed by atoms with Gasteiger partial charge in [0.2, 0.25) is 0 Å². The van der Waals surface area contributed by atoms with E-state index < -0.39 is 30.5 Å². The van der Waals surface area contributed by atoms with E-state index in [2.05, 4.69) is 0 Å². The quantitative estimate of drug-likeness (QED) is 0.781. The van der Waals surface area contributed by atoms with E-state index >= 15 is 0 Å². The van der Waals surface area contributed by atoms with Gasteiger partial charge in [-0.25, -0.2) is 0 Å². The SMILES string of the molecule is CCN(CC(C)C(=O)O)CC(C#N)C(F)(F)F. The third-order valence-corrected chi connectivity index (χ3v) is 2.39. The lowest BCUT2D eigenvalue weighted by Crippen LogP contribution is -2.39. The fourth-order valence-electron chi connectivity index (χ4n) is 1.27. The van der Waals surface area contributed by atoms with E-state index in [0.717, 1.165) is 0 Å². The predicted molar refractivity (Wildman–Crippen MR) is 54.1 cm³/mol. The zero-order valence-corrected chi connectivity index (χ0v) is 9.66. The zero-order chi connectivity index (χ0) is 13.6. The Kier molecular flexibility index (Phi) is 5.96. The Bertz CT molecular complexity index is 299. The molecule has 7 heteroatoms. The van der Waals surface area contributed by atoms with Gasteiger partial charge < -0.3 is 10.0 Å². The van der Waals surface area contributed by atoms with Gasteiger partial charge in [-0.05, 0) is 6.54 Å². The van der Waals surface area contributed by atoms with Crippen LogP contribution in [0.2, 0.25) is 0 Å². The number of nitriles is 1. The van der Waals surface area contributed by atoms with Crippen LogP contribution in [0.4, 0.5) is 13.2 Å². The minimum absolute atomic E-state index is 0.0000926. The van der Waals surface area contributed by atoms with Gasteiger partial charge >= 0.3 is 12.1 Å². The van der Waals surface area contributed by atoms with Crippen LogP contribution in [0, 0.1) is 23.2 Å². The summed E-state index contributed by atoms with van der Waals surface area (Å²) in [6, 6.07) is 1.20. The van der Waals surface area contributed by atoms with E-state index in [1.165, 1.54) is 17.9 Å². The fourth-order valence-corrected chi connectivity index (χ4v) is 1.27. The normalized spacial score (nSPS) is 15.4. The molecule has 0 aromatic carbocycles. The average molecular weight is 252 g/mol. The second-order valence-corrected chi connectivity index (χ2v) is 3.81. The molecule has 0 saturated carbocycles. The van der Waals surface area contributed by atoms with Crippen molar-refractivity contribution in [3.8, 4) is 6.07 Å². The first-order valence-corrected chi connectivity index (χ1v) is 5.13. The molecule has 2 unspecified atom stereocenters. The molecule has 98 valence electrons. The van der Waals surface area contributed by atoms with Crippen molar-refractivity contribution in [3.63, 3.8) is 0 Å². The lowest BCUT2D eigenvalue weighted by molar-refractivity contribution is -0.163. The maximum Gasteiger partial charge on any atom is 0.405 e. The van der Waals surface area contributed by atoms with Crippen LogP contribution < -0.4 is 0 Å². The molecule has 0 rings (SSSR count). The number of alkyl halides is 3. The maximum absolute atomic E-state index is 12.3. The Morgan fingerprint density at radius 3 is 2.29 bits per heavy atom. The van der Waals surface area contributed by atoms with Crippen LogP contribution in [-0.4, -0.2) is 41.8 Å². The second kappa shape index (κ2) is 6.45. The summed E-state index contributed by atoms with van der Waals surface area (Å²) in [5.41, 5.74) is 0. The molecule has 0 bridgehead atoms. The first kappa shape index (κ1) is 15.7. The first-order chi connectivity index (χ1) is 7.72. The van der Waals surface area contributed by atoms with Gasteiger partial charge in [0.1, 0.15) is 0 Å². The van der Waals surface area contributed by atoms with Crippen molar-refractivity contribution < 1.29 is 23.1 Å². The Morgan fingerprint density at radius 2 is 2.00 bits per heavy atom. The molecule has 0 saturated heterocycles. The summed E-state index contributed by atoms with van der Waals surface area (Å²) in [6.45, 7) is 2.82. The van der Waals surface area contributed by atoms with E-state index in [0.29, 0.717) is 0 Å². The van der Waals surface area contributed by atoms with Crippen LogP contribution in [0.3, 0.4) is 0 Å². The van der Waals surface area contributed by atoms with Gasteiger partial charge in [0.15, 0.2) is 5.92 Å². The van der Waals surface area contributed by atoms with Crippen LogP contribution >= 0.6 is 0 Å². The molecule has 0 aliphatic rings. The van der Waals surface area contributed by atoms with E-state index in [4.69, 9.17) is 10.4 Å². The Balaban J connectivity index is 4.50. The minimum atomic E-state index is -4.57. The molecule has 0 aliphatic carbocycles. The lowest BCUT2D eigenvalue weighted by Gasteiger charge is -2.25. The highest BCUT2D eigenvalue weighted by Gasteiger charge is 2.40. The van der Waals surface area contributed by atoms with Gasteiger partial charge in [0, 0.05) is 13.1 Å². The molecule has 0 aromatic heterocycles. The fraction of sp³-hybridized carbons (Fsp3) is 0.800. The Hall–Kier alpha value is -1.29. The first-order valence-electron chi connectivity index (χ1n) is 5.13. The van der Waals surface area contributed by atoms with Crippen molar-refractivity contribution in [2.75, 3.05) is 19.6 Å². The zero-order valence-electron chi connectivity index (χ0n) is 9.66. The average Bonchev–Trinajstić information content (AvgIpc) is 2.21. The number of carboxylic acids is 1. The predicted octanol–water partition coefficient (Wildman–Crippen LogP) is 1.73. The van der Waals surface area contributed by atoms with Crippen LogP contribution in [0.15, 0.2) is 0 Å². The van der Waals surface area contributed by atoms with Crippen molar-refractivity contribution in [2.24, 2.45) is 11.8 Å². The summed E-state index contributed by atoms with van der Waals surface area (Å²) >= 11 is 0. The highest BCUT2D eigenvalue weighted by Crippen LogP contribution is 2.26. The van der Waals surface area contributed by atoms with E-state index in [1.807, 2.05) is 0 Å². The smallest absolute Gasteiger partial charge is 0.405 e. The summed E-state index contributed by atoms with van der Waals surface area (Å²) in [4.78, 5) is 11.9. The van der Waals surface area contributed by atoms with E-state index in [-0.39, 0.29) is 13.1 Å². The van der Waals surface area contributed by atoms with Crippen LogP contribution in [0.25, 0.3) is 0 Å². The van der Waals surface area contributed by atoms with Crippen molar-refractivity contribution in [3.05, 3.63) is 0 Å². The van der Waals surface area contributed by atoms with Crippen molar-refractivity contribution in [1.82, 2.24) is 4.90 Å². The number of hydrogen-bond donors (Lipinski definition) is 1. The lowest BCUT2D eigenvalue weighted by atomic mass is 10.1. The van der Waals surface area contributed by atoms with Gasteiger partial charge in [0.05, 0.1) is 12.0 Å². The largest absolute Gasteiger partial charge is 0.481 e. The standard InChI is InChI=1S/C10H15F3N2O2/c1-3-15(5-7(2)9(16)17)6-8(4-14)10(11,12)13/h7-8H,3,5-6H2,1-2H3,(H,16,17). The molecule has 1 N–H and O–H groups in total. The van der Waals surface area contributed by atoms with E-state index in [1.54, 1.807) is 6.92 Å². The molecule has 0 aromatic rings. The number of halogens is 3. The number of hydrogen-bond acceptors (Lipinski definition) is 3. The Morgan fingerprint density at radius 1 is 1.47 bits per heavy atom. The number of aliphatic carboxylic acids is 1. The number of carbonyl (C=O) groups is 1. The highest BCUT2D eigenvalue weighted by molar-refractivity contribution is 5.69. The topological polar surface area (TPSA) is 64.3 Å². The monoisotopic (exact) mass is 252 g/mol. The molecular formula is C10H15F3N2O2. The molecule has 4 nitrogen and oxygen atoms in total. The molecule has 0 heterocycles.